The number of nitrogens with one attached hydrogen (secondary N) is 1. The zero-order chi connectivity index (χ0) is 24.0. The summed E-state index contributed by atoms with van der Waals surface area (Å²) in [6, 6.07) is 17.5. The van der Waals surface area contributed by atoms with Gasteiger partial charge in [-0.3, -0.25) is 14.6 Å². The molecule has 0 saturated carbocycles. The number of aromatic nitrogens is 1. The molecule has 2 amide bonds. The van der Waals surface area contributed by atoms with Gasteiger partial charge in [-0.25, -0.2) is 0 Å². The van der Waals surface area contributed by atoms with E-state index in [0.717, 1.165) is 17.2 Å². The molecule has 1 saturated heterocycles. The average molecular weight is 462 g/mol. The highest BCUT2D eigenvalue weighted by atomic mass is 16.5. The molecular formula is C27H31N3O4. The van der Waals surface area contributed by atoms with Crippen LogP contribution in [0, 0.1) is 5.92 Å². The highest BCUT2D eigenvalue weighted by Gasteiger charge is 2.35. The van der Waals surface area contributed by atoms with Gasteiger partial charge in [0.2, 0.25) is 5.91 Å². The molecule has 2 aromatic carbocycles. The van der Waals surface area contributed by atoms with Crippen LogP contribution in [0.25, 0.3) is 10.8 Å². The van der Waals surface area contributed by atoms with Crippen molar-refractivity contribution < 1.29 is 19.1 Å². The average Bonchev–Trinajstić information content (AvgIpc) is 3.08. The van der Waals surface area contributed by atoms with E-state index in [9.17, 15) is 9.59 Å². The van der Waals surface area contributed by atoms with E-state index in [1.54, 1.807) is 37.1 Å². The number of pyridine rings is 1. The third-order valence-corrected chi connectivity index (χ3v) is 5.95. The molecule has 3 aromatic rings. The van der Waals surface area contributed by atoms with Crippen molar-refractivity contribution in [2.24, 2.45) is 5.92 Å². The van der Waals surface area contributed by atoms with Crippen molar-refractivity contribution in [3.05, 3.63) is 72.6 Å². The van der Waals surface area contributed by atoms with Crippen LogP contribution >= 0.6 is 0 Å². The van der Waals surface area contributed by atoms with E-state index in [0.29, 0.717) is 32.1 Å². The van der Waals surface area contributed by atoms with Crippen LogP contribution in [0.1, 0.15) is 19.4 Å². The summed E-state index contributed by atoms with van der Waals surface area (Å²) in [5, 5.41) is 5.08. The number of hydrogen-bond donors (Lipinski definition) is 1. The third kappa shape index (κ3) is 6.11. The predicted octanol–water partition coefficient (Wildman–Crippen LogP) is 3.23. The van der Waals surface area contributed by atoms with Gasteiger partial charge in [-0.15, -0.1) is 0 Å². The highest BCUT2D eigenvalue weighted by Crippen LogP contribution is 2.20. The highest BCUT2D eigenvalue weighted by molar-refractivity contribution is 5.91. The number of hydrogen-bond acceptors (Lipinski definition) is 5. The van der Waals surface area contributed by atoms with Gasteiger partial charge in [0, 0.05) is 36.8 Å². The molecule has 1 aliphatic heterocycles. The predicted molar refractivity (Wildman–Crippen MR) is 130 cm³/mol. The molecule has 178 valence electrons. The minimum absolute atomic E-state index is 0.124. The molecule has 34 heavy (non-hydrogen) atoms. The standard InChI is InChI=1S/C27H31N3O4/c1-27(2,29-25(31)19-34-24-6-4-3-5-7-24)26(32)30-12-13-33-18-21(17-30)14-20-8-9-23-16-28-11-10-22(23)15-20/h3-11,15-16,21H,12-14,17-19H2,1-2H3,(H,29,31). The maximum atomic E-state index is 13.4. The van der Waals surface area contributed by atoms with Crippen LogP contribution in [0.5, 0.6) is 5.75 Å². The number of amides is 2. The molecule has 0 bridgehead atoms. The molecule has 0 radical (unpaired) electrons. The van der Waals surface area contributed by atoms with E-state index in [1.807, 2.05) is 30.5 Å². The number of benzene rings is 2. The van der Waals surface area contributed by atoms with E-state index < -0.39 is 5.54 Å². The van der Waals surface area contributed by atoms with Gasteiger partial charge in [0.1, 0.15) is 11.3 Å². The van der Waals surface area contributed by atoms with Crippen molar-refractivity contribution in [1.29, 1.82) is 0 Å². The fourth-order valence-electron chi connectivity index (χ4n) is 4.28. The van der Waals surface area contributed by atoms with Crippen molar-refractivity contribution in [1.82, 2.24) is 15.2 Å². The second-order valence-electron chi connectivity index (χ2n) is 9.23. The lowest BCUT2D eigenvalue weighted by molar-refractivity contribution is -0.141. The van der Waals surface area contributed by atoms with E-state index in [4.69, 9.17) is 9.47 Å². The van der Waals surface area contributed by atoms with Gasteiger partial charge >= 0.3 is 0 Å². The topological polar surface area (TPSA) is 80.8 Å². The summed E-state index contributed by atoms with van der Waals surface area (Å²) in [4.78, 5) is 31.8. The number of carbonyl (C=O) groups excluding carboxylic acids is 2. The van der Waals surface area contributed by atoms with Gasteiger partial charge in [0.25, 0.3) is 5.91 Å². The molecule has 1 N–H and O–H groups in total. The summed E-state index contributed by atoms with van der Waals surface area (Å²) in [6.45, 7) is 5.46. The third-order valence-electron chi connectivity index (χ3n) is 5.95. The Morgan fingerprint density at radius 1 is 1.15 bits per heavy atom. The minimum Gasteiger partial charge on any atom is -0.484 e. The summed E-state index contributed by atoms with van der Waals surface area (Å²) in [6.07, 6.45) is 4.46. The first-order valence-corrected chi connectivity index (χ1v) is 11.6. The van der Waals surface area contributed by atoms with Gasteiger partial charge in [-0.05, 0) is 49.4 Å². The van der Waals surface area contributed by atoms with Crippen LogP contribution in [0.4, 0.5) is 0 Å². The molecule has 4 rings (SSSR count). The number of fused-ring (bicyclic) bond motifs is 1. The number of para-hydroxylation sites is 1. The molecule has 1 aliphatic rings. The van der Waals surface area contributed by atoms with Crippen molar-refractivity contribution in [2.45, 2.75) is 25.8 Å². The molecule has 1 atom stereocenters. The number of carbonyl (C=O) groups is 2. The molecule has 0 aliphatic carbocycles. The monoisotopic (exact) mass is 461 g/mol. The lowest BCUT2D eigenvalue weighted by Crippen LogP contribution is -2.57. The summed E-state index contributed by atoms with van der Waals surface area (Å²) in [5.41, 5.74) is 0.148. The molecule has 0 spiro atoms. The van der Waals surface area contributed by atoms with Gasteiger partial charge < -0.3 is 19.7 Å². The van der Waals surface area contributed by atoms with Crippen molar-refractivity contribution in [2.75, 3.05) is 32.9 Å². The van der Waals surface area contributed by atoms with E-state index in [-0.39, 0.29) is 24.3 Å². The Morgan fingerprint density at radius 2 is 1.97 bits per heavy atom. The fourth-order valence-corrected chi connectivity index (χ4v) is 4.28. The summed E-state index contributed by atoms with van der Waals surface area (Å²) >= 11 is 0. The quantitative estimate of drug-likeness (QED) is 0.584. The lowest BCUT2D eigenvalue weighted by Gasteiger charge is -2.33. The van der Waals surface area contributed by atoms with Crippen molar-refractivity contribution in [3.63, 3.8) is 0 Å². The number of rotatable bonds is 7. The second-order valence-corrected chi connectivity index (χ2v) is 9.23. The first kappa shape index (κ1) is 23.7. The van der Waals surface area contributed by atoms with E-state index >= 15 is 0 Å². The smallest absolute Gasteiger partial charge is 0.258 e. The molecule has 7 heteroatoms. The maximum absolute atomic E-state index is 13.4. The lowest BCUT2D eigenvalue weighted by atomic mass is 9.96. The van der Waals surface area contributed by atoms with Crippen LogP contribution in [0.2, 0.25) is 0 Å². The van der Waals surface area contributed by atoms with E-state index in [2.05, 4.69) is 28.5 Å². The SMILES string of the molecule is CC(C)(NC(=O)COc1ccccc1)C(=O)N1CCOCC(Cc2ccc3cnccc3c2)C1. The molecule has 1 fully saturated rings. The first-order chi connectivity index (χ1) is 16.4. The normalized spacial score (nSPS) is 16.6. The van der Waals surface area contributed by atoms with Crippen molar-refractivity contribution >= 4 is 22.6 Å². The van der Waals surface area contributed by atoms with Crippen molar-refractivity contribution in [3.8, 4) is 5.75 Å². The Labute approximate surface area is 200 Å². The van der Waals surface area contributed by atoms with Gasteiger partial charge in [0.15, 0.2) is 6.61 Å². The Morgan fingerprint density at radius 3 is 2.79 bits per heavy atom. The minimum atomic E-state index is -1.05. The van der Waals surface area contributed by atoms with E-state index in [1.165, 1.54) is 5.56 Å². The number of nitrogens with zero attached hydrogens (tertiary/aromatic N) is 2. The molecular weight excluding hydrogens is 430 g/mol. The van der Waals surface area contributed by atoms with Gasteiger partial charge in [-0.2, -0.15) is 0 Å². The molecule has 2 heterocycles. The fraction of sp³-hybridized carbons (Fsp3) is 0.370. The Kier molecular flexibility index (Phi) is 7.43. The van der Waals surface area contributed by atoms with Gasteiger partial charge in [-0.1, -0.05) is 36.4 Å². The zero-order valence-electron chi connectivity index (χ0n) is 19.7. The largest absolute Gasteiger partial charge is 0.484 e. The molecule has 1 unspecified atom stereocenters. The second kappa shape index (κ2) is 10.7. The summed E-state index contributed by atoms with van der Waals surface area (Å²) in [5.74, 6) is 0.314. The Bertz CT molecular complexity index is 1130. The Balaban J connectivity index is 1.36. The van der Waals surface area contributed by atoms with Crippen LogP contribution in [0.3, 0.4) is 0 Å². The molecule has 1 aromatic heterocycles. The van der Waals surface area contributed by atoms with Crippen LogP contribution in [0.15, 0.2) is 67.0 Å². The van der Waals surface area contributed by atoms with Crippen LogP contribution in [-0.2, 0) is 20.7 Å². The summed E-state index contributed by atoms with van der Waals surface area (Å²) < 4.78 is 11.3. The molecule has 7 nitrogen and oxygen atoms in total. The van der Waals surface area contributed by atoms with Crippen LogP contribution < -0.4 is 10.1 Å². The van der Waals surface area contributed by atoms with Gasteiger partial charge in [0.05, 0.1) is 13.2 Å². The first-order valence-electron chi connectivity index (χ1n) is 11.6. The maximum Gasteiger partial charge on any atom is 0.258 e. The summed E-state index contributed by atoms with van der Waals surface area (Å²) in [7, 11) is 0. The Hall–Kier alpha value is -3.45. The zero-order valence-corrected chi connectivity index (χ0v) is 19.7. The van der Waals surface area contributed by atoms with Crippen LogP contribution in [-0.4, -0.2) is 60.1 Å². The number of ether oxygens (including phenoxy) is 2.